The lowest BCUT2D eigenvalue weighted by molar-refractivity contribution is 0.000624. The predicted octanol–water partition coefficient (Wildman–Crippen LogP) is 3.67. The Hall–Kier alpha value is -0.730. The molecule has 1 aliphatic heterocycles. The molecule has 0 bridgehead atoms. The first-order chi connectivity index (χ1) is 7.58. The largest absolute Gasteiger partial charge is 0.377 e. The van der Waals surface area contributed by atoms with Crippen LogP contribution in [0.25, 0.3) is 10.4 Å². The summed E-state index contributed by atoms with van der Waals surface area (Å²) in [6, 6.07) is 0. The molecule has 0 aromatic carbocycles. The van der Waals surface area contributed by atoms with Crippen LogP contribution in [0.3, 0.4) is 0 Å². The van der Waals surface area contributed by atoms with Crippen molar-refractivity contribution in [1.29, 1.82) is 0 Å². The molecule has 0 amide bonds. The minimum atomic E-state index is 0.156. The Kier molecular flexibility index (Phi) is 3.13. The fourth-order valence-electron chi connectivity index (χ4n) is 3.64. The van der Waals surface area contributed by atoms with Crippen LogP contribution in [0, 0.1) is 10.8 Å². The Bertz CT molecular complexity index is 309. The molecule has 1 heterocycles. The van der Waals surface area contributed by atoms with Gasteiger partial charge in [-0.1, -0.05) is 25.4 Å². The second kappa shape index (κ2) is 4.27. The predicted molar refractivity (Wildman–Crippen MR) is 63.1 cm³/mol. The highest BCUT2D eigenvalue weighted by molar-refractivity contribution is 4.99. The van der Waals surface area contributed by atoms with Gasteiger partial charge in [0.1, 0.15) is 0 Å². The van der Waals surface area contributed by atoms with E-state index >= 15 is 0 Å². The molecule has 4 nitrogen and oxygen atoms in total. The number of hydrogen-bond donors (Lipinski definition) is 0. The third-order valence-corrected chi connectivity index (χ3v) is 4.27. The summed E-state index contributed by atoms with van der Waals surface area (Å²) in [7, 11) is 0. The van der Waals surface area contributed by atoms with E-state index in [2.05, 4.69) is 23.9 Å². The molecule has 4 heteroatoms. The van der Waals surface area contributed by atoms with E-state index in [1.165, 1.54) is 25.7 Å². The van der Waals surface area contributed by atoms with Crippen molar-refractivity contribution in [2.24, 2.45) is 15.9 Å². The van der Waals surface area contributed by atoms with Crippen LogP contribution in [0.2, 0.25) is 0 Å². The molecule has 2 fully saturated rings. The molecule has 2 atom stereocenters. The van der Waals surface area contributed by atoms with Gasteiger partial charge in [0.15, 0.2) is 0 Å². The smallest absolute Gasteiger partial charge is 0.0688 e. The molecule has 0 radical (unpaired) electrons. The van der Waals surface area contributed by atoms with Gasteiger partial charge in [-0.2, -0.15) is 0 Å². The van der Waals surface area contributed by atoms with Crippen molar-refractivity contribution in [3.05, 3.63) is 10.4 Å². The van der Waals surface area contributed by atoms with Gasteiger partial charge in [0.05, 0.1) is 12.6 Å². The first kappa shape index (κ1) is 11.7. The normalized spacial score (nSPS) is 37.2. The molecule has 0 aromatic rings. The van der Waals surface area contributed by atoms with E-state index in [9.17, 15) is 0 Å². The minimum Gasteiger partial charge on any atom is -0.377 e. The van der Waals surface area contributed by atoms with E-state index in [4.69, 9.17) is 10.3 Å². The molecule has 1 saturated heterocycles. The van der Waals surface area contributed by atoms with Gasteiger partial charge in [-0.3, -0.25) is 0 Å². The SMILES string of the molecule is CC1(C)CCCC2(CCOC2CN=[N+]=[N-])C1. The van der Waals surface area contributed by atoms with Crippen LogP contribution < -0.4 is 0 Å². The standard InChI is InChI=1S/C12H21N3O/c1-11(2)4-3-5-12(9-11)6-7-16-10(12)8-14-15-13/h10H,3-9H2,1-2H3. The Labute approximate surface area is 97.0 Å². The average Bonchev–Trinajstić information content (AvgIpc) is 2.56. The van der Waals surface area contributed by atoms with Crippen LogP contribution in [-0.4, -0.2) is 19.3 Å². The molecule has 1 aliphatic carbocycles. The fraction of sp³-hybridized carbons (Fsp3) is 1.00. The van der Waals surface area contributed by atoms with Crippen LogP contribution in [0.1, 0.15) is 46.0 Å². The zero-order chi connectivity index (χ0) is 11.6. The molecule has 1 spiro atoms. The third-order valence-electron chi connectivity index (χ3n) is 4.27. The number of azide groups is 1. The number of nitrogens with zero attached hydrogens (tertiary/aromatic N) is 3. The van der Waals surface area contributed by atoms with Crippen LogP contribution >= 0.6 is 0 Å². The number of rotatable bonds is 2. The molecular weight excluding hydrogens is 202 g/mol. The van der Waals surface area contributed by atoms with Gasteiger partial charge in [0, 0.05) is 11.5 Å². The molecule has 0 N–H and O–H groups in total. The Morgan fingerprint density at radius 2 is 2.19 bits per heavy atom. The topological polar surface area (TPSA) is 58.0 Å². The van der Waals surface area contributed by atoms with Crippen molar-refractivity contribution >= 4 is 0 Å². The summed E-state index contributed by atoms with van der Waals surface area (Å²) in [6.45, 7) is 6.03. The molecule has 2 rings (SSSR count). The maximum atomic E-state index is 8.42. The first-order valence-electron chi connectivity index (χ1n) is 6.21. The van der Waals surface area contributed by atoms with Gasteiger partial charge in [-0.05, 0) is 42.0 Å². The highest BCUT2D eigenvalue weighted by Crippen LogP contribution is 2.53. The Morgan fingerprint density at radius 3 is 2.88 bits per heavy atom. The van der Waals surface area contributed by atoms with Crippen molar-refractivity contribution in [3.63, 3.8) is 0 Å². The van der Waals surface area contributed by atoms with E-state index in [0.29, 0.717) is 12.0 Å². The molecule has 1 saturated carbocycles. The Morgan fingerprint density at radius 1 is 1.38 bits per heavy atom. The van der Waals surface area contributed by atoms with E-state index < -0.39 is 0 Å². The maximum Gasteiger partial charge on any atom is 0.0688 e. The molecule has 2 unspecified atom stereocenters. The summed E-state index contributed by atoms with van der Waals surface area (Å²) in [5.41, 5.74) is 9.12. The fourth-order valence-corrected chi connectivity index (χ4v) is 3.64. The van der Waals surface area contributed by atoms with Crippen molar-refractivity contribution in [1.82, 2.24) is 0 Å². The summed E-state index contributed by atoms with van der Waals surface area (Å²) in [4.78, 5) is 2.86. The van der Waals surface area contributed by atoms with Crippen LogP contribution in [0.5, 0.6) is 0 Å². The summed E-state index contributed by atoms with van der Waals surface area (Å²) < 4.78 is 5.78. The van der Waals surface area contributed by atoms with Crippen LogP contribution in [0.4, 0.5) is 0 Å². The number of ether oxygens (including phenoxy) is 1. The third kappa shape index (κ3) is 2.18. The molecule has 16 heavy (non-hydrogen) atoms. The highest BCUT2D eigenvalue weighted by Gasteiger charge is 2.48. The van der Waals surface area contributed by atoms with Gasteiger partial charge in [0.25, 0.3) is 0 Å². The van der Waals surface area contributed by atoms with Crippen LogP contribution in [0.15, 0.2) is 5.11 Å². The summed E-state index contributed by atoms with van der Waals surface area (Å²) in [5.74, 6) is 0. The van der Waals surface area contributed by atoms with Crippen molar-refractivity contribution in [2.75, 3.05) is 13.2 Å². The van der Waals surface area contributed by atoms with Gasteiger partial charge in [0.2, 0.25) is 0 Å². The zero-order valence-corrected chi connectivity index (χ0v) is 10.3. The molecule has 2 aliphatic rings. The molecular formula is C12H21N3O. The lowest BCUT2D eigenvalue weighted by Crippen LogP contribution is -2.40. The van der Waals surface area contributed by atoms with Gasteiger partial charge >= 0.3 is 0 Å². The van der Waals surface area contributed by atoms with Gasteiger partial charge < -0.3 is 4.74 Å². The van der Waals surface area contributed by atoms with Crippen molar-refractivity contribution < 1.29 is 4.74 Å². The Balaban J connectivity index is 2.12. The molecule has 90 valence electrons. The van der Waals surface area contributed by atoms with Crippen LogP contribution in [-0.2, 0) is 4.74 Å². The van der Waals surface area contributed by atoms with E-state index in [1.54, 1.807) is 0 Å². The molecule has 0 aromatic heterocycles. The van der Waals surface area contributed by atoms with Crippen molar-refractivity contribution in [3.8, 4) is 0 Å². The maximum absolute atomic E-state index is 8.42. The quantitative estimate of drug-likeness (QED) is 0.400. The monoisotopic (exact) mass is 223 g/mol. The average molecular weight is 223 g/mol. The minimum absolute atomic E-state index is 0.156. The lowest BCUT2D eigenvalue weighted by atomic mass is 9.61. The van der Waals surface area contributed by atoms with E-state index in [-0.39, 0.29) is 11.5 Å². The number of hydrogen-bond acceptors (Lipinski definition) is 2. The summed E-state index contributed by atoms with van der Waals surface area (Å²) in [5, 5.41) is 3.71. The van der Waals surface area contributed by atoms with E-state index in [0.717, 1.165) is 13.0 Å². The summed E-state index contributed by atoms with van der Waals surface area (Å²) in [6.07, 6.45) is 6.34. The second-order valence-corrected chi connectivity index (χ2v) is 6.08. The van der Waals surface area contributed by atoms with Gasteiger partial charge in [-0.15, -0.1) is 0 Å². The van der Waals surface area contributed by atoms with Crippen molar-refractivity contribution in [2.45, 2.75) is 52.1 Å². The second-order valence-electron chi connectivity index (χ2n) is 6.08. The highest BCUT2D eigenvalue weighted by atomic mass is 16.5. The first-order valence-corrected chi connectivity index (χ1v) is 6.21. The van der Waals surface area contributed by atoms with E-state index in [1.807, 2.05) is 0 Å². The lowest BCUT2D eigenvalue weighted by Gasteiger charge is -2.45. The van der Waals surface area contributed by atoms with Gasteiger partial charge in [-0.25, -0.2) is 0 Å². The zero-order valence-electron chi connectivity index (χ0n) is 10.3. The summed E-state index contributed by atoms with van der Waals surface area (Å²) >= 11 is 0.